The Balaban J connectivity index is 1.23. The van der Waals surface area contributed by atoms with Crippen LogP contribution in [-0.2, 0) is 20.4 Å². The molecule has 35 heavy (non-hydrogen) atoms. The van der Waals surface area contributed by atoms with E-state index in [-0.39, 0.29) is 35.3 Å². The Bertz CT molecular complexity index is 931. The number of halogens is 3. The zero-order valence-electron chi connectivity index (χ0n) is 20.5. The lowest BCUT2D eigenvalue weighted by atomic mass is 9.79. The van der Waals surface area contributed by atoms with Crippen LogP contribution >= 0.6 is 0 Å². The number of hydrogen-bond acceptors (Lipinski definition) is 6. The van der Waals surface area contributed by atoms with Gasteiger partial charge in [-0.2, -0.15) is 13.2 Å². The van der Waals surface area contributed by atoms with E-state index in [0.717, 1.165) is 57.7 Å². The Labute approximate surface area is 204 Å². The molecule has 6 atom stereocenters. The molecular weight excluding hydrogens is 461 g/mol. The largest absolute Gasteiger partial charge is 0.434 e. The van der Waals surface area contributed by atoms with E-state index in [4.69, 9.17) is 9.47 Å². The van der Waals surface area contributed by atoms with Crippen molar-refractivity contribution >= 4 is 11.7 Å². The summed E-state index contributed by atoms with van der Waals surface area (Å²) in [5.74, 6) is 1.47. The highest BCUT2D eigenvalue weighted by Crippen LogP contribution is 2.50. The maximum atomic E-state index is 13.9. The number of fused-ring (bicyclic) bond motifs is 2. The molecule has 0 aromatic carbocycles. The van der Waals surface area contributed by atoms with Crippen molar-refractivity contribution in [2.24, 2.45) is 17.3 Å². The van der Waals surface area contributed by atoms with Crippen LogP contribution in [-0.4, -0.2) is 72.4 Å². The molecular formula is C25H35F3N4O3. The molecule has 5 rings (SSSR count). The summed E-state index contributed by atoms with van der Waals surface area (Å²) in [5.41, 5.74) is -1.31. The van der Waals surface area contributed by atoms with E-state index in [1.54, 1.807) is 7.11 Å². The van der Waals surface area contributed by atoms with Crippen LogP contribution in [0.15, 0.2) is 12.4 Å². The Morgan fingerprint density at radius 2 is 2.09 bits per heavy atom. The number of hydrogen-bond donors (Lipinski definition) is 0. The van der Waals surface area contributed by atoms with E-state index in [0.29, 0.717) is 31.5 Å². The minimum Gasteiger partial charge on any atom is -0.379 e. The standard InChI is InChI=1S/C25H35F3N4O3/c1-3-24(6-4-16(10-24)8-17-5-7-35-15-20(17)34-2)23(33)32-14-18-9-19(32)13-31(18)22-12-29-11-21(30-22)25(26,27)28/h11-12,16-20H,3-10,13-15H2,1-2H3/t16-,17+,18+,19+,20+,24-/m0/s1. The van der Waals surface area contributed by atoms with Crippen molar-refractivity contribution in [1.82, 2.24) is 14.9 Å². The van der Waals surface area contributed by atoms with Gasteiger partial charge in [0.15, 0.2) is 5.69 Å². The van der Waals surface area contributed by atoms with Crippen molar-refractivity contribution in [1.29, 1.82) is 0 Å². The summed E-state index contributed by atoms with van der Waals surface area (Å²) in [5, 5.41) is 0. The Morgan fingerprint density at radius 3 is 2.77 bits per heavy atom. The third kappa shape index (κ3) is 4.63. The van der Waals surface area contributed by atoms with Gasteiger partial charge in [-0.3, -0.25) is 9.78 Å². The first-order valence-electron chi connectivity index (χ1n) is 12.8. The molecule has 4 fully saturated rings. The molecule has 194 valence electrons. The number of alkyl halides is 3. The number of amides is 1. The van der Waals surface area contributed by atoms with E-state index < -0.39 is 11.9 Å². The molecule has 4 aliphatic rings. The minimum atomic E-state index is -4.52. The lowest BCUT2D eigenvalue weighted by Gasteiger charge is -2.40. The van der Waals surface area contributed by atoms with E-state index in [1.165, 1.54) is 6.20 Å². The monoisotopic (exact) mass is 496 g/mol. The summed E-state index contributed by atoms with van der Waals surface area (Å²) in [6, 6.07) is -0.00257. The number of methoxy groups -OCH3 is 1. The average molecular weight is 497 g/mol. The molecule has 2 bridgehead atoms. The molecule has 3 aliphatic heterocycles. The molecule has 1 aromatic rings. The molecule has 3 saturated heterocycles. The topological polar surface area (TPSA) is 67.8 Å². The zero-order valence-corrected chi connectivity index (χ0v) is 20.5. The van der Waals surface area contributed by atoms with Crippen molar-refractivity contribution < 1.29 is 27.4 Å². The van der Waals surface area contributed by atoms with Crippen LogP contribution in [0, 0.1) is 17.3 Å². The van der Waals surface area contributed by atoms with E-state index >= 15 is 0 Å². The van der Waals surface area contributed by atoms with E-state index in [9.17, 15) is 18.0 Å². The number of ether oxygens (including phenoxy) is 2. The van der Waals surface area contributed by atoms with Gasteiger partial charge in [0, 0.05) is 32.2 Å². The number of carbonyl (C=O) groups excluding carboxylic acids is 1. The molecule has 1 aliphatic carbocycles. The second-order valence-electron chi connectivity index (χ2n) is 10.8. The second-order valence-corrected chi connectivity index (χ2v) is 10.8. The molecule has 10 heteroatoms. The summed E-state index contributed by atoms with van der Waals surface area (Å²) in [6.07, 6.45) is 4.30. The lowest BCUT2D eigenvalue weighted by Crippen LogP contribution is -2.53. The third-order valence-electron chi connectivity index (χ3n) is 8.93. The smallest absolute Gasteiger partial charge is 0.379 e. The number of likely N-dealkylation sites (tertiary alicyclic amines) is 1. The Morgan fingerprint density at radius 1 is 1.26 bits per heavy atom. The predicted octanol–water partition coefficient (Wildman–Crippen LogP) is 3.92. The van der Waals surface area contributed by atoms with Crippen LogP contribution in [0.5, 0.6) is 0 Å². The molecule has 0 N–H and O–H groups in total. The van der Waals surface area contributed by atoms with Gasteiger partial charge < -0.3 is 19.3 Å². The van der Waals surface area contributed by atoms with Crippen LogP contribution in [0.4, 0.5) is 19.0 Å². The number of anilines is 1. The summed E-state index contributed by atoms with van der Waals surface area (Å²) < 4.78 is 50.5. The fourth-order valence-corrected chi connectivity index (χ4v) is 6.95. The maximum absolute atomic E-state index is 13.9. The quantitative estimate of drug-likeness (QED) is 0.595. The van der Waals surface area contributed by atoms with Gasteiger partial charge in [-0.15, -0.1) is 0 Å². The van der Waals surface area contributed by atoms with Crippen LogP contribution in [0.1, 0.15) is 57.6 Å². The van der Waals surface area contributed by atoms with Crippen molar-refractivity contribution in [3.8, 4) is 0 Å². The number of carbonyl (C=O) groups is 1. The number of piperazine rings is 1. The van der Waals surface area contributed by atoms with Gasteiger partial charge in [-0.05, 0) is 56.8 Å². The Kier molecular flexibility index (Phi) is 6.72. The van der Waals surface area contributed by atoms with Crippen LogP contribution in [0.25, 0.3) is 0 Å². The highest BCUT2D eigenvalue weighted by molar-refractivity contribution is 5.84. The molecule has 0 spiro atoms. The minimum absolute atomic E-state index is 0.0136. The van der Waals surface area contributed by atoms with Crippen molar-refractivity contribution in [3.63, 3.8) is 0 Å². The fourth-order valence-electron chi connectivity index (χ4n) is 6.95. The highest BCUT2D eigenvalue weighted by atomic mass is 19.4. The number of aromatic nitrogens is 2. The summed E-state index contributed by atoms with van der Waals surface area (Å²) in [7, 11) is 1.75. The molecule has 0 radical (unpaired) electrons. The predicted molar refractivity (Wildman–Crippen MR) is 123 cm³/mol. The van der Waals surface area contributed by atoms with E-state index in [1.807, 2.05) is 9.80 Å². The van der Waals surface area contributed by atoms with Gasteiger partial charge in [-0.1, -0.05) is 6.92 Å². The SMILES string of the molecule is CC[C@]1(C(=O)N2C[C@H]3C[C@@H]2CN3c2cncc(C(F)(F)F)n2)CC[C@@H](C[C@H]2CCOC[C@H]2OC)C1. The summed E-state index contributed by atoms with van der Waals surface area (Å²) in [6.45, 7) is 4.59. The van der Waals surface area contributed by atoms with Crippen molar-refractivity contribution in [2.75, 3.05) is 38.3 Å². The van der Waals surface area contributed by atoms with Crippen molar-refractivity contribution in [3.05, 3.63) is 18.1 Å². The van der Waals surface area contributed by atoms with Crippen LogP contribution < -0.4 is 4.90 Å². The van der Waals surface area contributed by atoms with Gasteiger partial charge in [0.25, 0.3) is 0 Å². The zero-order chi connectivity index (χ0) is 24.8. The highest BCUT2D eigenvalue weighted by Gasteiger charge is 2.53. The first-order chi connectivity index (χ1) is 16.7. The number of rotatable bonds is 6. The van der Waals surface area contributed by atoms with Gasteiger partial charge in [0.1, 0.15) is 5.82 Å². The normalized spacial score (nSPS) is 35.2. The lowest BCUT2D eigenvalue weighted by molar-refractivity contribution is -0.143. The Hall–Kier alpha value is -1.94. The first kappa shape index (κ1) is 24.7. The molecule has 1 amide bonds. The summed E-state index contributed by atoms with van der Waals surface area (Å²) in [4.78, 5) is 25.4. The molecule has 7 nitrogen and oxygen atoms in total. The van der Waals surface area contributed by atoms with Gasteiger partial charge in [-0.25, -0.2) is 4.98 Å². The van der Waals surface area contributed by atoms with Gasteiger partial charge in [0.05, 0.1) is 37.2 Å². The first-order valence-corrected chi connectivity index (χ1v) is 12.8. The van der Waals surface area contributed by atoms with Gasteiger partial charge >= 0.3 is 6.18 Å². The van der Waals surface area contributed by atoms with Gasteiger partial charge in [0.2, 0.25) is 5.91 Å². The third-order valence-corrected chi connectivity index (χ3v) is 8.93. The maximum Gasteiger partial charge on any atom is 0.434 e. The summed E-state index contributed by atoms with van der Waals surface area (Å²) >= 11 is 0. The van der Waals surface area contributed by atoms with E-state index in [2.05, 4.69) is 16.9 Å². The molecule has 1 aromatic heterocycles. The molecule has 1 saturated carbocycles. The molecule has 4 heterocycles. The van der Waals surface area contributed by atoms with Crippen LogP contribution in [0.3, 0.4) is 0 Å². The molecule has 0 unspecified atom stereocenters. The average Bonchev–Trinajstić information content (AvgIpc) is 3.58. The fraction of sp³-hybridized carbons (Fsp3) is 0.800. The second kappa shape index (κ2) is 9.50. The number of nitrogens with zero attached hydrogens (tertiary/aromatic N) is 4. The van der Waals surface area contributed by atoms with Crippen LogP contribution in [0.2, 0.25) is 0 Å². The van der Waals surface area contributed by atoms with Crippen molar-refractivity contribution in [2.45, 2.75) is 76.2 Å².